The maximum atomic E-state index is 13.0. The van der Waals surface area contributed by atoms with E-state index in [-0.39, 0.29) is 11.7 Å². The molecule has 2 heterocycles. The molecule has 0 unspecified atom stereocenters. The van der Waals surface area contributed by atoms with Gasteiger partial charge in [-0.25, -0.2) is 8.42 Å². The maximum absolute atomic E-state index is 13.0. The molecule has 1 aromatic carbocycles. The Balaban J connectivity index is 1.76. The van der Waals surface area contributed by atoms with Gasteiger partial charge in [0.2, 0.25) is 10.0 Å². The Labute approximate surface area is 150 Å². The first kappa shape index (κ1) is 18.2. The molecule has 2 aliphatic rings. The molecule has 0 radical (unpaired) electrons. The summed E-state index contributed by atoms with van der Waals surface area (Å²) in [6.45, 7) is 5.37. The summed E-state index contributed by atoms with van der Waals surface area (Å²) >= 11 is 0. The number of rotatable bonds is 5. The third-order valence-electron chi connectivity index (χ3n) is 5.20. The van der Waals surface area contributed by atoms with Gasteiger partial charge in [0.05, 0.1) is 17.0 Å². The molecule has 0 aliphatic carbocycles. The SMILES string of the molecule is CCCS(=O)(=O)Nc1ccccc1C(=O)N1CC[C@@H]2CNC[C@@H]2CC1. The smallest absolute Gasteiger partial charge is 0.255 e. The highest BCUT2D eigenvalue weighted by atomic mass is 32.2. The highest BCUT2D eigenvalue weighted by Gasteiger charge is 2.32. The Hall–Kier alpha value is -1.60. The molecular formula is C18H27N3O3S. The second-order valence-electron chi connectivity index (χ2n) is 7.01. The molecule has 6 nitrogen and oxygen atoms in total. The Morgan fingerprint density at radius 1 is 1.20 bits per heavy atom. The summed E-state index contributed by atoms with van der Waals surface area (Å²) in [4.78, 5) is 14.9. The topological polar surface area (TPSA) is 78.5 Å². The van der Waals surface area contributed by atoms with Crippen LogP contribution in [0.1, 0.15) is 36.5 Å². The van der Waals surface area contributed by atoms with Crippen molar-refractivity contribution in [2.24, 2.45) is 11.8 Å². The third kappa shape index (κ3) is 4.33. The minimum absolute atomic E-state index is 0.0512. The number of hydrogen-bond acceptors (Lipinski definition) is 4. The van der Waals surface area contributed by atoms with E-state index in [1.807, 2.05) is 11.8 Å². The minimum Gasteiger partial charge on any atom is -0.339 e. The van der Waals surface area contributed by atoms with Crippen molar-refractivity contribution >= 4 is 21.6 Å². The number of carbonyl (C=O) groups is 1. The van der Waals surface area contributed by atoms with Crippen molar-refractivity contribution in [1.29, 1.82) is 0 Å². The van der Waals surface area contributed by atoms with Crippen LogP contribution in [0, 0.1) is 11.8 Å². The second-order valence-corrected chi connectivity index (χ2v) is 8.86. The number of nitrogens with zero attached hydrogens (tertiary/aromatic N) is 1. The third-order valence-corrected chi connectivity index (χ3v) is 6.68. The number of benzene rings is 1. The summed E-state index contributed by atoms with van der Waals surface area (Å²) in [5.74, 6) is 1.27. The predicted molar refractivity (Wildman–Crippen MR) is 99.1 cm³/mol. The molecule has 2 N–H and O–H groups in total. The van der Waals surface area contributed by atoms with Crippen molar-refractivity contribution in [3.63, 3.8) is 0 Å². The zero-order valence-corrected chi connectivity index (χ0v) is 15.5. The van der Waals surface area contributed by atoms with E-state index in [1.54, 1.807) is 24.3 Å². The van der Waals surface area contributed by atoms with E-state index in [1.165, 1.54) is 0 Å². The van der Waals surface area contributed by atoms with Crippen molar-refractivity contribution in [3.05, 3.63) is 29.8 Å². The van der Waals surface area contributed by atoms with Crippen molar-refractivity contribution in [1.82, 2.24) is 10.2 Å². The molecule has 2 saturated heterocycles. The normalized spacial score (nSPS) is 23.8. The monoisotopic (exact) mass is 365 g/mol. The van der Waals surface area contributed by atoms with Crippen LogP contribution in [-0.4, -0.2) is 51.2 Å². The number of anilines is 1. The molecular weight excluding hydrogens is 338 g/mol. The van der Waals surface area contributed by atoms with E-state index in [2.05, 4.69) is 10.0 Å². The van der Waals surface area contributed by atoms with E-state index in [9.17, 15) is 13.2 Å². The average molecular weight is 365 g/mol. The first-order chi connectivity index (χ1) is 12.0. The van der Waals surface area contributed by atoms with E-state index in [0.717, 1.165) is 39.0 Å². The molecule has 0 bridgehead atoms. The number of nitrogens with one attached hydrogen (secondary N) is 2. The van der Waals surface area contributed by atoms with Crippen LogP contribution in [0.15, 0.2) is 24.3 Å². The van der Waals surface area contributed by atoms with Gasteiger partial charge in [-0.3, -0.25) is 9.52 Å². The summed E-state index contributed by atoms with van der Waals surface area (Å²) in [5, 5.41) is 3.43. The lowest BCUT2D eigenvalue weighted by Gasteiger charge is -2.22. The van der Waals surface area contributed by atoms with Gasteiger partial charge in [0.25, 0.3) is 5.91 Å². The number of amides is 1. The lowest BCUT2D eigenvalue weighted by atomic mass is 9.92. The van der Waals surface area contributed by atoms with Crippen molar-refractivity contribution in [2.75, 3.05) is 36.7 Å². The fraction of sp³-hybridized carbons (Fsp3) is 0.611. The number of fused-ring (bicyclic) bond motifs is 1. The molecule has 0 aromatic heterocycles. The molecule has 2 atom stereocenters. The van der Waals surface area contributed by atoms with Crippen molar-refractivity contribution in [3.8, 4) is 0 Å². The number of sulfonamides is 1. The number of carbonyl (C=O) groups excluding carboxylic acids is 1. The van der Waals surface area contributed by atoms with Crippen LogP contribution in [0.3, 0.4) is 0 Å². The fourth-order valence-electron chi connectivity index (χ4n) is 3.84. The zero-order chi connectivity index (χ0) is 17.9. The maximum Gasteiger partial charge on any atom is 0.255 e. The molecule has 7 heteroatoms. The highest BCUT2D eigenvalue weighted by Crippen LogP contribution is 2.28. The van der Waals surface area contributed by atoms with Gasteiger partial charge in [-0.2, -0.15) is 0 Å². The molecule has 2 fully saturated rings. The first-order valence-corrected chi connectivity index (χ1v) is 10.7. The molecule has 1 aromatic rings. The summed E-state index contributed by atoms with van der Waals surface area (Å²) in [6, 6.07) is 6.90. The molecule has 0 spiro atoms. The summed E-state index contributed by atoms with van der Waals surface area (Å²) in [6.07, 6.45) is 2.55. The first-order valence-electron chi connectivity index (χ1n) is 9.09. The summed E-state index contributed by atoms with van der Waals surface area (Å²) in [5.41, 5.74) is 0.819. The Morgan fingerprint density at radius 2 is 1.84 bits per heavy atom. The van der Waals surface area contributed by atoms with E-state index in [4.69, 9.17) is 0 Å². The molecule has 2 aliphatic heterocycles. The fourth-order valence-corrected chi connectivity index (χ4v) is 4.99. The van der Waals surface area contributed by atoms with Gasteiger partial charge >= 0.3 is 0 Å². The standard InChI is InChI=1S/C18H27N3O3S/c1-2-11-25(23,24)20-17-6-4-3-5-16(17)18(22)21-9-7-14-12-19-13-15(14)8-10-21/h3-6,14-15,19-20H,2,7-13H2,1H3/t14-,15+. The summed E-state index contributed by atoms with van der Waals surface area (Å²) in [7, 11) is -3.42. The number of para-hydroxylation sites is 1. The predicted octanol–water partition coefficient (Wildman–Crippen LogP) is 1.91. The Morgan fingerprint density at radius 3 is 2.48 bits per heavy atom. The van der Waals surface area contributed by atoms with E-state index in [0.29, 0.717) is 29.5 Å². The van der Waals surface area contributed by atoms with Gasteiger partial charge in [-0.15, -0.1) is 0 Å². The van der Waals surface area contributed by atoms with Gasteiger partial charge in [0.1, 0.15) is 0 Å². The molecule has 1 amide bonds. The van der Waals surface area contributed by atoms with E-state index >= 15 is 0 Å². The van der Waals surface area contributed by atoms with Crippen LogP contribution in [0.2, 0.25) is 0 Å². The average Bonchev–Trinajstić information content (AvgIpc) is 2.93. The van der Waals surface area contributed by atoms with Crippen molar-refractivity contribution < 1.29 is 13.2 Å². The van der Waals surface area contributed by atoms with Crippen LogP contribution in [-0.2, 0) is 10.0 Å². The minimum atomic E-state index is -3.42. The molecule has 138 valence electrons. The van der Waals surface area contributed by atoms with Gasteiger partial charge in [0, 0.05) is 13.1 Å². The quantitative estimate of drug-likeness (QED) is 0.835. The van der Waals surface area contributed by atoms with Crippen LogP contribution in [0.5, 0.6) is 0 Å². The number of hydrogen-bond donors (Lipinski definition) is 2. The number of likely N-dealkylation sites (tertiary alicyclic amines) is 1. The van der Waals surface area contributed by atoms with Gasteiger partial charge in [0.15, 0.2) is 0 Å². The zero-order valence-electron chi connectivity index (χ0n) is 14.7. The Kier molecular flexibility index (Phi) is 5.64. The lowest BCUT2D eigenvalue weighted by Crippen LogP contribution is -2.33. The van der Waals surface area contributed by atoms with Crippen LogP contribution in [0.4, 0.5) is 5.69 Å². The second kappa shape index (κ2) is 7.74. The molecule has 0 saturated carbocycles. The van der Waals surface area contributed by atoms with Crippen molar-refractivity contribution in [2.45, 2.75) is 26.2 Å². The van der Waals surface area contributed by atoms with Gasteiger partial charge in [-0.05, 0) is 56.3 Å². The largest absolute Gasteiger partial charge is 0.339 e. The van der Waals surface area contributed by atoms with Gasteiger partial charge in [-0.1, -0.05) is 19.1 Å². The van der Waals surface area contributed by atoms with Gasteiger partial charge < -0.3 is 10.2 Å². The summed E-state index contributed by atoms with van der Waals surface area (Å²) < 4.78 is 26.8. The highest BCUT2D eigenvalue weighted by molar-refractivity contribution is 7.92. The van der Waals surface area contributed by atoms with Crippen LogP contribution < -0.4 is 10.0 Å². The molecule has 3 rings (SSSR count). The van der Waals surface area contributed by atoms with Crippen LogP contribution in [0.25, 0.3) is 0 Å². The van der Waals surface area contributed by atoms with Crippen LogP contribution >= 0.6 is 0 Å². The van der Waals surface area contributed by atoms with E-state index < -0.39 is 10.0 Å². The lowest BCUT2D eigenvalue weighted by molar-refractivity contribution is 0.0759. The molecule has 25 heavy (non-hydrogen) atoms. The Bertz CT molecular complexity index is 706.